The number of nitrogens with one attached hydrogen (secondary N) is 2. The molecule has 0 aromatic heterocycles. The van der Waals surface area contributed by atoms with Gasteiger partial charge in [0.05, 0.1) is 55.3 Å². The molecule has 0 aliphatic carbocycles. The standard InChI is InChI=1S/C78H64N4O14/c1-43-15-23-49(24-16-43)93-58-37-54-63-55(76(86)81(75(54)85)71(47-11-7-5-8-12-47)73(83)79-32-35-89-41-53-42-92-53)38-59(94-50-25-17-44(2)18-26-50)66-68-61(96-52-29-21-46(4)22-30-52)40-57-64-56(39-60(67(70(64)68)65(58)69(63)66)95-51-27-19-45(3)20-28-51)77(87)82(78(57)88)72(48-13-9-6-10-14-48)74(84)80-33-36-91-62-31-34-90-62/h5-30,37-40,53,62,71-72H,31-36,41-42H2,1-4H3,(H,79,83)(H,80,84). The molecule has 96 heavy (non-hydrogen) atoms. The third-order valence-corrected chi connectivity index (χ3v) is 17.8. The molecule has 2 fully saturated rings. The van der Waals surface area contributed by atoms with E-state index < -0.39 is 53.8 Å². The zero-order chi connectivity index (χ0) is 65.9. The van der Waals surface area contributed by atoms with Crippen LogP contribution in [0.15, 0.2) is 182 Å². The fourth-order valence-corrected chi connectivity index (χ4v) is 12.9. The summed E-state index contributed by atoms with van der Waals surface area (Å²) in [4.78, 5) is 97.0. The van der Waals surface area contributed by atoms with Crippen molar-refractivity contribution in [2.45, 2.75) is 58.6 Å². The number of epoxide rings is 1. The van der Waals surface area contributed by atoms with Crippen molar-refractivity contribution in [1.82, 2.24) is 20.4 Å². The Morgan fingerprint density at radius 1 is 0.438 bits per heavy atom. The first kappa shape index (κ1) is 61.2. The van der Waals surface area contributed by atoms with Gasteiger partial charge in [-0.05, 0) is 112 Å². The topological polar surface area (TPSA) is 210 Å². The summed E-state index contributed by atoms with van der Waals surface area (Å²) < 4.78 is 51.1. The molecule has 480 valence electrons. The van der Waals surface area contributed by atoms with E-state index in [1.54, 1.807) is 133 Å². The highest BCUT2D eigenvalue weighted by molar-refractivity contribution is 6.45. The van der Waals surface area contributed by atoms with Gasteiger partial charge in [0, 0.05) is 62.6 Å². The zero-order valence-corrected chi connectivity index (χ0v) is 52.9. The average molecular weight is 1280 g/mol. The van der Waals surface area contributed by atoms with Crippen LogP contribution in [0.1, 0.15) is 93.3 Å². The molecule has 2 N–H and O–H groups in total. The van der Waals surface area contributed by atoms with Crippen molar-refractivity contribution >= 4 is 78.5 Å². The van der Waals surface area contributed by atoms with Gasteiger partial charge in [-0.3, -0.25) is 38.6 Å². The molecule has 0 bridgehead atoms. The van der Waals surface area contributed by atoms with Crippen molar-refractivity contribution in [1.29, 1.82) is 0 Å². The number of aryl methyl sites for hydroxylation is 4. The predicted octanol–water partition coefficient (Wildman–Crippen LogP) is 14.2. The number of imide groups is 2. The molecule has 4 aliphatic rings. The molecule has 2 saturated heterocycles. The Balaban J connectivity index is 1.04. The summed E-state index contributed by atoms with van der Waals surface area (Å²) in [5.74, 6) is -2.74. The van der Waals surface area contributed by atoms with E-state index in [0.717, 1.165) is 32.1 Å². The van der Waals surface area contributed by atoms with E-state index in [1.807, 2.05) is 76.2 Å². The van der Waals surface area contributed by atoms with Crippen LogP contribution in [-0.4, -0.2) is 104 Å². The third kappa shape index (κ3) is 11.4. The monoisotopic (exact) mass is 1280 g/mol. The van der Waals surface area contributed by atoms with Crippen LogP contribution in [0.25, 0.3) is 43.1 Å². The number of carbonyl (C=O) groups is 6. The summed E-state index contributed by atoms with van der Waals surface area (Å²) in [5.41, 5.74) is 4.46. The minimum absolute atomic E-state index is 0.000290. The van der Waals surface area contributed by atoms with Crippen molar-refractivity contribution in [3.63, 3.8) is 0 Å². The van der Waals surface area contributed by atoms with Gasteiger partial charge in [-0.1, -0.05) is 131 Å². The summed E-state index contributed by atoms with van der Waals surface area (Å²) in [5, 5.41) is 7.97. The highest BCUT2D eigenvalue weighted by atomic mass is 16.7. The summed E-state index contributed by atoms with van der Waals surface area (Å²) in [6.45, 7) is 9.64. The Morgan fingerprint density at radius 3 is 1.06 bits per heavy atom. The van der Waals surface area contributed by atoms with E-state index in [9.17, 15) is 9.59 Å². The van der Waals surface area contributed by atoms with Crippen LogP contribution in [-0.2, 0) is 28.5 Å². The summed E-state index contributed by atoms with van der Waals surface area (Å²) in [6, 6.07) is 49.9. The van der Waals surface area contributed by atoms with Crippen LogP contribution in [0.2, 0.25) is 0 Å². The minimum Gasteiger partial charge on any atom is -0.457 e. The number of amides is 6. The lowest BCUT2D eigenvalue weighted by molar-refractivity contribution is -0.213. The van der Waals surface area contributed by atoms with Gasteiger partial charge in [0.15, 0.2) is 6.29 Å². The molecule has 18 nitrogen and oxygen atoms in total. The highest BCUT2D eigenvalue weighted by Gasteiger charge is 2.47. The fourth-order valence-electron chi connectivity index (χ4n) is 12.9. The molecule has 4 aliphatic heterocycles. The number of rotatable bonds is 23. The van der Waals surface area contributed by atoms with E-state index in [2.05, 4.69) is 10.6 Å². The number of benzene rings is 11. The first-order valence-electron chi connectivity index (χ1n) is 31.9. The van der Waals surface area contributed by atoms with Crippen molar-refractivity contribution < 1.29 is 66.7 Å². The number of nitrogens with zero attached hydrogens (tertiary/aromatic N) is 2. The van der Waals surface area contributed by atoms with E-state index in [1.165, 1.54) is 0 Å². The third-order valence-electron chi connectivity index (χ3n) is 17.8. The smallest absolute Gasteiger partial charge is 0.262 e. The largest absolute Gasteiger partial charge is 0.457 e. The average Bonchev–Trinajstić information content (AvgIpc) is 0.893. The second-order valence-electron chi connectivity index (χ2n) is 24.5. The summed E-state index contributed by atoms with van der Waals surface area (Å²) in [7, 11) is 0. The number of fused-ring (bicyclic) bond motifs is 2. The number of ether oxygens (including phenoxy) is 8. The van der Waals surface area contributed by atoms with Crippen LogP contribution in [0.3, 0.4) is 0 Å². The maximum absolute atomic E-state index is 16.3. The number of hydrogen-bond donors (Lipinski definition) is 2. The van der Waals surface area contributed by atoms with Gasteiger partial charge in [-0.25, -0.2) is 0 Å². The molecular weight excluding hydrogens is 1220 g/mol. The molecule has 0 radical (unpaired) electrons. The zero-order valence-electron chi connectivity index (χ0n) is 52.9. The fraction of sp³-hybridized carbons (Fsp3) is 0.205. The molecule has 6 amide bonds. The maximum atomic E-state index is 16.3. The van der Waals surface area contributed by atoms with E-state index >= 15 is 19.2 Å². The van der Waals surface area contributed by atoms with Crippen LogP contribution in [0.5, 0.6) is 46.0 Å². The molecule has 0 spiro atoms. The van der Waals surface area contributed by atoms with E-state index in [0.29, 0.717) is 81.9 Å². The van der Waals surface area contributed by atoms with Gasteiger partial charge < -0.3 is 48.5 Å². The summed E-state index contributed by atoms with van der Waals surface area (Å²) in [6.07, 6.45) is 0.316. The van der Waals surface area contributed by atoms with Gasteiger partial charge in [0.1, 0.15) is 64.2 Å². The highest BCUT2D eigenvalue weighted by Crippen LogP contribution is 2.58. The summed E-state index contributed by atoms with van der Waals surface area (Å²) >= 11 is 0. The van der Waals surface area contributed by atoms with Crippen molar-refractivity contribution in [2.24, 2.45) is 0 Å². The lowest BCUT2D eigenvalue weighted by atomic mass is 9.80. The van der Waals surface area contributed by atoms with Crippen molar-refractivity contribution in [2.75, 3.05) is 46.1 Å². The lowest BCUT2D eigenvalue weighted by Crippen LogP contribution is -2.49. The Labute approximate surface area is 551 Å². The number of carbonyl (C=O) groups excluding carboxylic acids is 6. The second-order valence-corrected chi connectivity index (χ2v) is 24.5. The van der Waals surface area contributed by atoms with Crippen LogP contribution < -0.4 is 29.6 Å². The van der Waals surface area contributed by atoms with Crippen LogP contribution in [0, 0.1) is 27.7 Å². The van der Waals surface area contributed by atoms with Gasteiger partial charge in [-0.2, -0.15) is 0 Å². The first-order valence-corrected chi connectivity index (χ1v) is 31.9. The second kappa shape index (κ2) is 25.4. The van der Waals surface area contributed by atoms with Gasteiger partial charge >= 0.3 is 0 Å². The van der Waals surface area contributed by atoms with Crippen molar-refractivity contribution in [3.05, 3.63) is 238 Å². The van der Waals surface area contributed by atoms with E-state index in [-0.39, 0.29) is 99.2 Å². The molecule has 18 heteroatoms. The molecule has 11 aromatic rings. The predicted molar refractivity (Wildman–Crippen MR) is 359 cm³/mol. The Hall–Kier alpha value is -11.0. The quantitative estimate of drug-likeness (QED) is 0.0201. The molecule has 4 heterocycles. The molecule has 11 aromatic carbocycles. The van der Waals surface area contributed by atoms with Crippen molar-refractivity contribution in [3.8, 4) is 46.0 Å². The molecule has 4 unspecified atom stereocenters. The van der Waals surface area contributed by atoms with Gasteiger partial charge in [0.2, 0.25) is 11.8 Å². The Bertz CT molecular complexity index is 4680. The Kier molecular flexibility index (Phi) is 16.2. The number of hydrogen-bond acceptors (Lipinski definition) is 14. The maximum Gasteiger partial charge on any atom is 0.262 e. The molecular formula is C78H64N4O14. The van der Waals surface area contributed by atoms with Crippen LogP contribution >= 0.6 is 0 Å². The Morgan fingerprint density at radius 2 is 0.760 bits per heavy atom. The van der Waals surface area contributed by atoms with E-state index in [4.69, 9.17) is 37.9 Å². The minimum atomic E-state index is -1.51. The normalized spacial score (nSPS) is 16.2. The molecule has 0 saturated carbocycles. The SMILES string of the molecule is Cc1ccc(Oc2cc3c4c(cc(Oc5ccc(C)cc5)c5c6c(Oc7ccc(C)cc7)cc7c8c(cc(Oc9ccc(C)cc9)c(c2c45)c86)C(=O)N(C(C(=O)NCCOC2CCO2)c2ccccc2)C7=O)C(=O)N(C(C(=O)NCCOCC2CO2)c2ccccc2)C3=O)cc1. The molecule has 15 rings (SSSR count). The molecule has 4 atom stereocenters. The first-order chi connectivity index (χ1) is 46.7. The van der Waals surface area contributed by atoms with Gasteiger partial charge in [-0.15, -0.1) is 0 Å². The lowest BCUT2D eigenvalue weighted by Gasteiger charge is -2.36. The van der Waals surface area contributed by atoms with Gasteiger partial charge in [0.25, 0.3) is 23.6 Å². The van der Waals surface area contributed by atoms with Crippen LogP contribution in [0.4, 0.5) is 0 Å².